The van der Waals surface area contributed by atoms with Gasteiger partial charge in [0, 0.05) is 23.1 Å². The van der Waals surface area contributed by atoms with Crippen LogP contribution in [0.15, 0.2) is 60.2 Å². The predicted molar refractivity (Wildman–Crippen MR) is 131 cm³/mol. The molecule has 1 aliphatic heterocycles. The fourth-order valence-electron chi connectivity index (χ4n) is 3.93. The second-order valence-corrected chi connectivity index (χ2v) is 7.88. The molecule has 0 spiro atoms. The largest absolute Gasteiger partial charge is 0.497 e. The fourth-order valence-corrected chi connectivity index (χ4v) is 4.20. The van der Waals surface area contributed by atoms with E-state index in [1.54, 1.807) is 37.5 Å². The molecule has 0 saturated carbocycles. The molecule has 0 unspecified atom stereocenters. The third-order valence-electron chi connectivity index (χ3n) is 5.51. The van der Waals surface area contributed by atoms with Gasteiger partial charge in [0.1, 0.15) is 17.1 Å². The van der Waals surface area contributed by atoms with Crippen LogP contribution in [0.1, 0.15) is 17.0 Å². The summed E-state index contributed by atoms with van der Waals surface area (Å²) in [5, 5.41) is 2.63. The van der Waals surface area contributed by atoms with Crippen molar-refractivity contribution in [3.05, 3.63) is 77.1 Å². The second-order valence-electron chi connectivity index (χ2n) is 7.49. The highest BCUT2D eigenvalue weighted by atomic mass is 32.1. The molecule has 168 valence electrons. The van der Waals surface area contributed by atoms with E-state index >= 15 is 0 Å². The number of methoxy groups -OCH3 is 2. The maximum Gasteiger partial charge on any atom is 0.270 e. The molecule has 33 heavy (non-hydrogen) atoms. The van der Waals surface area contributed by atoms with E-state index in [0.29, 0.717) is 11.4 Å². The van der Waals surface area contributed by atoms with Crippen LogP contribution in [-0.4, -0.2) is 35.7 Å². The van der Waals surface area contributed by atoms with Crippen molar-refractivity contribution in [3.63, 3.8) is 0 Å². The Morgan fingerprint density at radius 1 is 0.970 bits per heavy atom. The zero-order valence-corrected chi connectivity index (χ0v) is 19.5. The smallest absolute Gasteiger partial charge is 0.270 e. The second kappa shape index (κ2) is 8.91. The van der Waals surface area contributed by atoms with Crippen LogP contribution in [0.2, 0.25) is 0 Å². The molecule has 2 aromatic carbocycles. The van der Waals surface area contributed by atoms with Crippen LogP contribution in [0.5, 0.6) is 11.5 Å². The zero-order valence-electron chi connectivity index (χ0n) is 18.7. The van der Waals surface area contributed by atoms with Crippen LogP contribution in [0.4, 0.5) is 5.69 Å². The molecule has 0 aliphatic carbocycles. The summed E-state index contributed by atoms with van der Waals surface area (Å²) in [4.78, 5) is 27.4. The first-order valence-corrected chi connectivity index (χ1v) is 10.6. The average Bonchev–Trinajstić information content (AvgIpc) is 3.09. The number of benzene rings is 2. The molecule has 1 aliphatic rings. The van der Waals surface area contributed by atoms with E-state index in [4.69, 9.17) is 21.7 Å². The number of aromatic nitrogens is 1. The van der Waals surface area contributed by atoms with Crippen molar-refractivity contribution in [2.75, 3.05) is 19.1 Å². The number of aryl methyl sites for hydroxylation is 1. The van der Waals surface area contributed by atoms with Gasteiger partial charge >= 0.3 is 0 Å². The summed E-state index contributed by atoms with van der Waals surface area (Å²) in [6.45, 7) is 3.90. The standard InChI is InChI=1S/C25H23N3O4S/c1-15-12-17(16(2)27(15)18-8-7-9-19(14-18)31-3)13-20-23(29)26-25(33)28(24(20)30)21-10-5-6-11-22(21)32-4/h5-14H,1-4H3,(H,26,29,33)/b20-13-. The summed E-state index contributed by atoms with van der Waals surface area (Å²) in [6, 6.07) is 16.6. The Kier molecular flexibility index (Phi) is 6.02. The molecule has 0 bridgehead atoms. The SMILES string of the molecule is COc1cccc(-n2c(C)cc(/C=C3/C(=O)NC(=S)N(c4ccccc4OC)C3=O)c2C)c1. The maximum atomic E-state index is 13.4. The molecule has 0 radical (unpaired) electrons. The van der Waals surface area contributed by atoms with Crippen LogP contribution in [0.3, 0.4) is 0 Å². The highest BCUT2D eigenvalue weighted by molar-refractivity contribution is 7.80. The molecule has 7 nitrogen and oxygen atoms in total. The van der Waals surface area contributed by atoms with Crippen molar-refractivity contribution >= 4 is 40.9 Å². The van der Waals surface area contributed by atoms with Gasteiger partial charge in [0.15, 0.2) is 5.11 Å². The van der Waals surface area contributed by atoms with E-state index in [1.165, 1.54) is 12.0 Å². The molecule has 1 saturated heterocycles. The molecule has 1 fully saturated rings. The molecule has 2 heterocycles. The number of nitrogens with zero attached hydrogens (tertiary/aromatic N) is 2. The minimum Gasteiger partial charge on any atom is -0.497 e. The lowest BCUT2D eigenvalue weighted by Gasteiger charge is -2.29. The summed E-state index contributed by atoms with van der Waals surface area (Å²) >= 11 is 5.30. The molecular weight excluding hydrogens is 438 g/mol. The van der Waals surface area contributed by atoms with Gasteiger partial charge in [-0.1, -0.05) is 18.2 Å². The summed E-state index contributed by atoms with van der Waals surface area (Å²) in [5.74, 6) is 0.157. The zero-order chi connectivity index (χ0) is 23.7. The van der Waals surface area contributed by atoms with Crippen LogP contribution < -0.4 is 19.7 Å². The molecule has 3 aromatic rings. The number of anilines is 1. The fraction of sp³-hybridized carbons (Fsp3) is 0.160. The molecule has 4 rings (SSSR count). The number of para-hydroxylation sites is 2. The molecule has 8 heteroatoms. The molecule has 1 N–H and O–H groups in total. The lowest BCUT2D eigenvalue weighted by Crippen LogP contribution is -2.54. The number of rotatable bonds is 5. The summed E-state index contributed by atoms with van der Waals surface area (Å²) < 4.78 is 12.8. The first-order chi connectivity index (χ1) is 15.8. The van der Waals surface area contributed by atoms with Gasteiger partial charge in [-0.15, -0.1) is 0 Å². The Labute approximate surface area is 197 Å². The maximum absolute atomic E-state index is 13.4. The molecule has 2 amide bonds. The molecule has 1 aromatic heterocycles. The number of amides is 2. The van der Waals surface area contributed by atoms with Crippen LogP contribution >= 0.6 is 12.2 Å². The van der Waals surface area contributed by atoms with Crippen LogP contribution in [0, 0.1) is 13.8 Å². The minimum atomic E-state index is -0.540. The lowest BCUT2D eigenvalue weighted by molar-refractivity contribution is -0.122. The van der Waals surface area contributed by atoms with Gasteiger partial charge in [-0.25, -0.2) is 4.90 Å². The number of carbonyl (C=O) groups is 2. The Bertz CT molecular complexity index is 1310. The van der Waals surface area contributed by atoms with Crippen molar-refractivity contribution in [1.29, 1.82) is 0 Å². The number of hydrogen-bond acceptors (Lipinski definition) is 5. The van der Waals surface area contributed by atoms with Gasteiger partial charge in [0.05, 0.1) is 19.9 Å². The van der Waals surface area contributed by atoms with Crippen molar-refractivity contribution in [2.45, 2.75) is 13.8 Å². The van der Waals surface area contributed by atoms with Gasteiger partial charge < -0.3 is 14.0 Å². The van der Waals surface area contributed by atoms with Gasteiger partial charge in [-0.05, 0) is 68.0 Å². The van der Waals surface area contributed by atoms with E-state index in [9.17, 15) is 9.59 Å². The number of thiocarbonyl (C=S) groups is 1. The Morgan fingerprint density at radius 2 is 1.73 bits per heavy atom. The van der Waals surface area contributed by atoms with Crippen LogP contribution in [0.25, 0.3) is 11.8 Å². The predicted octanol–water partition coefficient (Wildman–Crippen LogP) is 3.94. The number of hydrogen-bond donors (Lipinski definition) is 1. The summed E-state index contributed by atoms with van der Waals surface area (Å²) in [5.41, 5.74) is 3.95. The van der Waals surface area contributed by atoms with E-state index in [-0.39, 0.29) is 10.7 Å². The van der Waals surface area contributed by atoms with E-state index in [2.05, 4.69) is 5.32 Å². The third kappa shape index (κ3) is 4.01. The Hall–Kier alpha value is -3.91. The van der Waals surface area contributed by atoms with E-state index < -0.39 is 11.8 Å². The van der Waals surface area contributed by atoms with Gasteiger partial charge in [-0.3, -0.25) is 14.9 Å². The molecular formula is C25H23N3O4S. The van der Waals surface area contributed by atoms with Crippen molar-refractivity contribution in [2.24, 2.45) is 0 Å². The first kappa shape index (κ1) is 22.3. The van der Waals surface area contributed by atoms with Crippen LogP contribution in [-0.2, 0) is 9.59 Å². The quantitative estimate of drug-likeness (QED) is 0.354. The van der Waals surface area contributed by atoms with Gasteiger partial charge in [0.25, 0.3) is 11.8 Å². The monoisotopic (exact) mass is 461 g/mol. The normalized spacial score (nSPS) is 15.1. The number of ether oxygens (including phenoxy) is 2. The minimum absolute atomic E-state index is 0.00787. The van der Waals surface area contributed by atoms with E-state index in [1.807, 2.05) is 48.7 Å². The van der Waals surface area contributed by atoms with Crippen molar-refractivity contribution in [3.8, 4) is 17.2 Å². The topological polar surface area (TPSA) is 72.8 Å². The summed E-state index contributed by atoms with van der Waals surface area (Å²) in [7, 11) is 3.13. The highest BCUT2D eigenvalue weighted by Gasteiger charge is 2.36. The summed E-state index contributed by atoms with van der Waals surface area (Å²) in [6.07, 6.45) is 1.60. The van der Waals surface area contributed by atoms with Crippen molar-refractivity contribution < 1.29 is 19.1 Å². The average molecular weight is 462 g/mol. The van der Waals surface area contributed by atoms with E-state index in [0.717, 1.165) is 28.4 Å². The highest BCUT2D eigenvalue weighted by Crippen LogP contribution is 2.31. The van der Waals surface area contributed by atoms with Gasteiger partial charge in [-0.2, -0.15) is 0 Å². The lowest BCUT2D eigenvalue weighted by atomic mass is 10.1. The first-order valence-electron chi connectivity index (χ1n) is 10.2. The Balaban J connectivity index is 1.78. The number of nitrogens with one attached hydrogen (secondary N) is 1. The third-order valence-corrected chi connectivity index (χ3v) is 5.79. The Morgan fingerprint density at radius 3 is 2.45 bits per heavy atom. The molecule has 0 atom stereocenters. The number of carbonyl (C=O) groups excluding carboxylic acids is 2. The van der Waals surface area contributed by atoms with Gasteiger partial charge in [0.2, 0.25) is 0 Å². The van der Waals surface area contributed by atoms with Crippen molar-refractivity contribution in [1.82, 2.24) is 9.88 Å².